The van der Waals surface area contributed by atoms with Crippen molar-refractivity contribution in [3.63, 3.8) is 0 Å². The molecule has 0 saturated heterocycles. The molecule has 1 heterocycles. The van der Waals surface area contributed by atoms with Crippen molar-refractivity contribution >= 4 is 27.3 Å². The number of aliphatic carboxylic acids is 1. The molecular weight excluding hydrogens is 319 g/mol. The quantitative estimate of drug-likeness (QED) is 0.864. The second kappa shape index (κ2) is 6.10. The lowest BCUT2D eigenvalue weighted by Crippen LogP contribution is -2.30. The molecule has 1 rings (SSSR count). The second-order valence-electron chi connectivity index (χ2n) is 3.98. The van der Waals surface area contributed by atoms with E-state index in [1.165, 1.54) is 12.1 Å². The molecule has 0 bridgehead atoms. The Kier molecular flexibility index (Phi) is 5.16. The van der Waals surface area contributed by atoms with E-state index in [2.05, 4.69) is 0 Å². The van der Waals surface area contributed by atoms with Crippen LogP contribution < -0.4 is 0 Å². The molecule has 0 aliphatic carbocycles. The van der Waals surface area contributed by atoms with Crippen LogP contribution in [-0.4, -0.2) is 43.6 Å². The van der Waals surface area contributed by atoms with Crippen LogP contribution >= 0.6 is 11.3 Å². The lowest BCUT2D eigenvalue weighted by molar-refractivity contribution is -0.136. The molecule has 0 saturated carbocycles. The normalized spacial score (nSPS) is 12.8. The van der Waals surface area contributed by atoms with Gasteiger partial charge in [0.05, 0.1) is 12.8 Å². The summed E-state index contributed by atoms with van der Waals surface area (Å²) in [6.07, 6.45) is -6.00. The second-order valence-corrected chi connectivity index (χ2v) is 7.42. The van der Waals surface area contributed by atoms with Crippen molar-refractivity contribution in [1.82, 2.24) is 4.31 Å². The van der Waals surface area contributed by atoms with Crippen molar-refractivity contribution in [3.8, 4) is 0 Å². The highest BCUT2D eigenvalue weighted by atomic mass is 32.2. The highest BCUT2D eigenvalue weighted by Gasteiger charge is 2.31. The average molecular weight is 331 g/mol. The summed E-state index contributed by atoms with van der Waals surface area (Å²) in [5.41, 5.74) is 0. The van der Waals surface area contributed by atoms with E-state index in [4.69, 9.17) is 5.11 Å². The molecule has 0 radical (unpaired) electrons. The molecule has 0 aliphatic heterocycles. The maximum absolute atomic E-state index is 12.1. The molecule has 0 atom stereocenters. The van der Waals surface area contributed by atoms with E-state index in [1.807, 2.05) is 0 Å². The summed E-state index contributed by atoms with van der Waals surface area (Å²) in [7, 11) is -2.96. The zero-order chi connectivity index (χ0) is 15.6. The van der Waals surface area contributed by atoms with Crippen LogP contribution in [0.25, 0.3) is 0 Å². The molecular formula is C10H12F3NO4S2. The van der Waals surface area contributed by atoms with Gasteiger partial charge < -0.3 is 5.11 Å². The van der Waals surface area contributed by atoms with E-state index in [1.54, 1.807) is 0 Å². The van der Waals surface area contributed by atoms with Crippen LogP contribution in [0.1, 0.15) is 11.3 Å². The van der Waals surface area contributed by atoms with Crippen LogP contribution in [0.3, 0.4) is 0 Å². The zero-order valence-electron chi connectivity index (χ0n) is 10.3. The van der Waals surface area contributed by atoms with Gasteiger partial charge in [-0.3, -0.25) is 4.79 Å². The third-order valence-corrected chi connectivity index (χ3v) is 5.75. The van der Waals surface area contributed by atoms with Crippen LogP contribution in [0, 0.1) is 0 Å². The van der Waals surface area contributed by atoms with Crippen molar-refractivity contribution < 1.29 is 31.5 Å². The Morgan fingerprint density at radius 3 is 2.50 bits per heavy atom. The fourth-order valence-electron chi connectivity index (χ4n) is 1.30. The minimum absolute atomic E-state index is 0.168. The molecule has 0 aliphatic rings. The molecule has 0 amide bonds. The fourth-order valence-corrected chi connectivity index (χ4v) is 4.03. The Morgan fingerprint density at radius 1 is 1.40 bits per heavy atom. The number of hydrogen-bond acceptors (Lipinski definition) is 4. The SMILES string of the molecule is CN(CCC(F)(F)F)S(=O)(=O)c1ccc(CC(=O)O)s1. The lowest BCUT2D eigenvalue weighted by atomic mass is 10.3. The number of halogens is 3. The molecule has 5 nitrogen and oxygen atoms in total. The van der Waals surface area contributed by atoms with E-state index in [0.29, 0.717) is 9.18 Å². The molecule has 0 fully saturated rings. The molecule has 0 unspecified atom stereocenters. The number of hydrogen-bond donors (Lipinski definition) is 1. The van der Waals surface area contributed by atoms with Gasteiger partial charge in [0.25, 0.3) is 10.0 Å². The number of thiophene rings is 1. The Bertz CT molecular complexity index is 580. The van der Waals surface area contributed by atoms with Gasteiger partial charge in [0, 0.05) is 18.5 Å². The zero-order valence-corrected chi connectivity index (χ0v) is 12.0. The van der Waals surface area contributed by atoms with Crippen molar-refractivity contribution in [2.24, 2.45) is 0 Å². The Morgan fingerprint density at radius 2 is 2.00 bits per heavy atom. The summed E-state index contributed by atoms with van der Waals surface area (Å²) in [4.78, 5) is 10.8. The van der Waals surface area contributed by atoms with Gasteiger partial charge >= 0.3 is 12.1 Å². The Labute approximate surface area is 117 Å². The first kappa shape index (κ1) is 16.9. The predicted molar refractivity (Wildman–Crippen MR) is 66.1 cm³/mol. The van der Waals surface area contributed by atoms with Gasteiger partial charge in [-0.2, -0.15) is 17.5 Å². The van der Waals surface area contributed by atoms with Gasteiger partial charge in [0.15, 0.2) is 0 Å². The number of alkyl halides is 3. The van der Waals surface area contributed by atoms with E-state index in [-0.39, 0.29) is 10.6 Å². The standard InChI is InChI=1S/C10H12F3NO4S2/c1-14(5-4-10(11,12)13)20(17,18)9-3-2-7(19-9)6-8(15)16/h2-3H,4-6H2,1H3,(H,15,16). The molecule has 10 heteroatoms. The Balaban J connectivity index is 2.82. The third-order valence-electron chi connectivity index (χ3n) is 2.34. The topological polar surface area (TPSA) is 74.7 Å². The van der Waals surface area contributed by atoms with Gasteiger partial charge in [-0.15, -0.1) is 11.3 Å². The van der Waals surface area contributed by atoms with Crippen molar-refractivity contribution in [2.75, 3.05) is 13.6 Å². The number of nitrogens with zero attached hydrogens (tertiary/aromatic N) is 1. The minimum Gasteiger partial charge on any atom is -0.481 e. The van der Waals surface area contributed by atoms with Gasteiger partial charge in [-0.1, -0.05) is 0 Å². The highest BCUT2D eigenvalue weighted by Crippen LogP contribution is 2.26. The summed E-state index contributed by atoms with van der Waals surface area (Å²) in [6.45, 7) is -0.683. The van der Waals surface area contributed by atoms with Crippen LogP contribution in [-0.2, 0) is 21.2 Å². The summed E-state index contributed by atoms with van der Waals surface area (Å²) < 4.78 is 60.6. The monoisotopic (exact) mass is 331 g/mol. The minimum atomic E-state index is -4.44. The van der Waals surface area contributed by atoms with Gasteiger partial charge in [-0.05, 0) is 12.1 Å². The van der Waals surface area contributed by atoms with Gasteiger partial charge in [0.2, 0.25) is 0 Å². The van der Waals surface area contributed by atoms with Gasteiger partial charge in [-0.25, -0.2) is 8.42 Å². The first-order valence-corrected chi connectivity index (χ1v) is 7.61. The predicted octanol–water partition coefficient (Wildman–Crippen LogP) is 1.95. The number of carboxylic acid groups (broad SMARTS) is 1. The average Bonchev–Trinajstić information content (AvgIpc) is 2.72. The first-order chi connectivity index (χ1) is 9.02. The van der Waals surface area contributed by atoms with E-state index in [0.717, 1.165) is 18.4 Å². The summed E-state index contributed by atoms with van der Waals surface area (Å²) in [5.74, 6) is -1.11. The maximum Gasteiger partial charge on any atom is 0.390 e. The van der Waals surface area contributed by atoms with Crippen LogP contribution in [0.5, 0.6) is 0 Å². The molecule has 114 valence electrons. The largest absolute Gasteiger partial charge is 0.481 e. The molecule has 20 heavy (non-hydrogen) atoms. The molecule has 1 aromatic rings. The number of rotatable bonds is 6. The van der Waals surface area contributed by atoms with E-state index in [9.17, 15) is 26.4 Å². The molecule has 0 spiro atoms. The van der Waals surface area contributed by atoms with Gasteiger partial charge in [0.1, 0.15) is 4.21 Å². The molecule has 0 aromatic carbocycles. The van der Waals surface area contributed by atoms with E-state index >= 15 is 0 Å². The smallest absolute Gasteiger partial charge is 0.390 e. The third kappa shape index (κ3) is 4.76. The number of sulfonamides is 1. The molecule has 1 aromatic heterocycles. The van der Waals surface area contributed by atoms with Crippen molar-refractivity contribution in [1.29, 1.82) is 0 Å². The number of carbonyl (C=O) groups is 1. The first-order valence-electron chi connectivity index (χ1n) is 5.36. The Hall–Kier alpha value is -1.13. The maximum atomic E-state index is 12.1. The van der Waals surface area contributed by atoms with Crippen LogP contribution in [0.4, 0.5) is 13.2 Å². The molecule has 1 N–H and O–H groups in total. The van der Waals surface area contributed by atoms with Crippen molar-refractivity contribution in [3.05, 3.63) is 17.0 Å². The summed E-state index contributed by atoms with van der Waals surface area (Å²) in [5, 5.41) is 8.58. The van der Waals surface area contributed by atoms with Crippen LogP contribution in [0.15, 0.2) is 16.3 Å². The number of carboxylic acids is 1. The van der Waals surface area contributed by atoms with Crippen molar-refractivity contribution in [2.45, 2.75) is 23.2 Å². The summed E-state index contributed by atoms with van der Waals surface area (Å²) >= 11 is 0.738. The fraction of sp³-hybridized carbons (Fsp3) is 0.500. The van der Waals surface area contributed by atoms with E-state index < -0.39 is 35.1 Å². The summed E-state index contributed by atoms with van der Waals surface area (Å²) in [6, 6.07) is 2.53. The highest BCUT2D eigenvalue weighted by molar-refractivity contribution is 7.91. The van der Waals surface area contributed by atoms with Crippen LogP contribution in [0.2, 0.25) is 0 Å². The lowest BCUT2D eigenvalue weighted by Gasteiger charge is -2.16.